The SMILES string of the molecule is CN(Cc1c2c(=O)n(-c3ccccc3Cl)[nH]c2cc(=O)n1Cc1cccnc1)c1ccccc1. The summed E-state index contributed by atoms with van der Waals surface area (Å²) in [6.07, 6.45) is 3.41. The van der Waals surface area contributed by atoms with Gasteiger partial charge in [0.2, 0.25) is 0 Å². The summed E-state index contributed by atoms with van der Waals surface area (Å²) in [7, 11) is 1.94. The molecule has 0 unspecified atom stereocenters. The molecule has 0 saturated carbocycles. The lowest BCUT2D eigenvalue weighted by Crippen LogP contribution is -2.29. The van der Waals surface area contributed by atoms with Crippen molar-refractivity contribution < 1.29 is 0 Å². The number of para-hydroxylation sites is 2. The molecule has 0 aliphatic carbocycles. The molecule has 5 rings (SSSR count). The molecule has 170 valence electrons. The van der Waals surface area contributed by atoms with Crippen molar-refractivity contribution in [3.05, 3.63) is 122 Å². The number of hydrogen-bond acceptors (Lipinski definition) is 4. The largest absolute Gasteiger partial charge is 0.369 e. The van der Waals surface area contributed by atoms with E-state index in [0.717, 1.165) is 11.3 Å². The summed E-state index contributed by atoms with van der Waals surface area (Å²) in [4.78, 5) is 33.1. The van der Waals surface area contributed by atoms with Gasteiger partial charge in [-0.25, -0.2) is 4.68 Å². The molecular weight excluding hydrogens is 450 g/mol. The minimum absolute atomic E-state index is 0.208. The minimum atomic E-state index is -0.264. The molecule has 0 amide bonds. The molecule has 7 nitrogen and oxygen atoms in total. The lowest BCUT2D eigenvalue weighted by atomic mass is 10.2. The van der Waals surface area contributed by atoms with Crippen LogP contribution in [0.25, 0.3) is 16.6 Å². The third kappa shape index (κ3) is 4.02. The van der Waals surface area contributed by atoms with Crippen LogP contribution in [0.4, 0.5) is 5.69 Å². The number of aromatic nitrogens is 4. The van der Waals surface area contributed by atoms with Crippen molar-refractivity contribution >= 4 is 28.2 Å². The Morgan fingerprint density at radius 2 is 1.76 bits per heavy atom. The first-order valence-corrected chi connectivity index (χ1v) is 11.2. The average Bonchev–Trinajstić information content (AvgIpc) is 3.18. The number of fused-ring (bicyclic) bond motifs is 1. The van der Waals surface area contributed by atoms with Gasteiger partial charge in [-0.1, -0.05) is 48.0 Å². The monoisotopic (exact) mass is 471 g/mol. The van der Waals surface area contributed by atoms with E-state index in [4.69, 9.17) is 11.6 Å². The summed E-state index contributed by atoms with van der Waals surface area (Å²) in [6, 6.07) is 22.1. The second-order valence-electron chi connectivity index (χ2n) is 8.06. The van der Waals surface area contributed by atoms with Crippen LogP contribution in [0, 0.1) is 0 Å². The van der Waals surface area contributed by atoms with E-state index in [1.54, 1.807) is 35.2 Å². The highest BCUT2D eigenvalue weighted by molar-refractivity contribution is 6.32. The number of rotatable bonds is 6. The van der Waals surface area contributed by atoms with Crippen molar-refractivity contribution in [2.45, 2.75) is 13.1 Å². The van der Waals surface area contributed by atoms with Gasteiger partial charge in [-0.05, 0) is 35.9 Å². The number of benzene rings is 2. The van der Waals surface area contributed by atoms with E-state index in [1.807, 2.05) is 60.5 Å². The molecule has 0 atom stereocenters. The van der Waals surface area contributed by atoms with Crippen LogP contribution in [0.15, 0.2) is 94.8 Å². The molecule has 5 aromatic rings. The van der Waals surface area contributed by atoms with E-state index in [0.29, 0.717) is 40.4 Å². The Bertz CT molecular complexity index is 1570. The molecular formula is C26H22ClN5O2. The molecule has 34 heavy (non-hydrogen) atoms. The van der Waals surface area contributed by atoms with E-state index in [9.17, 15) is 9.59 Å². The number of H-pyrrole nitrogens is 1. The van der Waals surface area contributed by atoms with E-state index in [1.165, 1.54) is 10.7 Å². The van der Waals surface area contributed by atoms with Gasteiger partial charge in [0, 0.05) is 31.2 Å². The van der Waals surface area contributed by atoms with Gasteiger partial charge >= 0.3 is 0 Å². The second kappa shape index (κ2) is 9.03. The van der Waals surface area contributed by atoms with Gasteiger partial charge in [0.15, 0.2) is 0 Å². The van der Waals surface area contributed by atoms with Gasteiger partial charge in [0.05, 0.1) is 40.4 Å². The van der Waals surface area contributed by atoms with Crippen LogP contribution >= 0.6 is 11.6 Å². The predicted molar refractivity (Wildman–Crippen MR) is 135 cm³/mol. The first-order chi connectivity index (χ1) is 16.5. The minimum Gasteiger partial charge on any atom is -0.369 e. The normalized spacial score (nSPS) is 11.1. The Balaban J connectivity index is 1.73. The molecule has 0 radical (unpaired) electrons. The maximum Gasteiger partial charge on any atom is 0.281 e. The fourth-order valence-electron chi connectivity index (χ4n) is 4.12. The van der Waals surface area contributed by atoms with Crippen LogP contribution in [0.2, 0.25) is 5.02 Å². The molecule has 1 N–H and O–H groups in total. The molecule has 0 saturated heterocycles. The molecule has 3 heterocycles. The number of hydrogen-bond donors (Lipinski definition) is 1. The first kappa shape index (κ1) is 21.7. The smallest absolute Gasteiger partial charge is 0.281 e. The lowest BCUT2D eigenvalue weighted by molar-refractivity contribution is 0.696. The van der Waals surface area contributed by atoms with Gasteiger partial charge in [-0.3, -0.25) is 19.7 Å². The van der Waals surface area contributed by atoms with Gasteiger partial charge in [-0.2, -0.15) is 0 Å². The third-order valence-electron chi connectivity index (χ3n) is 5.81. The Kier molecular flexibility index (Phi) is 5.77. The van der Waals surface area contributed by atoms with Gasteiger partial charge < -0.3 is 9.47 Å². The summed E-state index contributed by atoms with van der Waals surface area (Å²) in [5.41, 5.74) is 2.98. The molecule has 0 bridgehead atoms. The van der Waals surface area contributed by atoms with Crippen molar-refractivity contribution in [3.8, 4) is 5.69 Å². The summed E-state index contributed by atoms with van der Waals surface area (Å²) >= 11 is 6.37. The highest BCUT2D eigenvalue weighted by Gasteiger charge is 2.20. The van der Waals surface area contributed by atoms with Crippen molar-refractivity contribution in [1.29, 1.82) is 0 Å². The maximum atomic E-state index is 13.7. The topological polar surface area (TPSA) is 75.9 Å². The summed E-state index contributed by atoms with van der Waals surface area (Å²) in [5, 5.41) is 3.97. The molecule has 0 aliphatic rings. The van der Waals surface area contributed by atoms with Crippen molar-refractivity contribution in [3.63, 3.8) is 0 Å². The summed E-state index contributed by atoms with van der Waals surface area (Å²) < 4.78 is 3.04. The van der Waals surface area contributed by atoms with Crippen molar-refractivity contribution in [2.24, 2.45) is 0 Å². The Morgan fingerprint density at radius 1 is 1.00 bits per heavy atom. The van der Waals surface area contributed by atoms with Gasteiger partial charge in [-0.15, -0.1) is 0 Å². The van der Waals surface area contributed by atoms with Crippen molar-refractivity contribution in [2.75, 3.05) is 11.9 Å². The Morgan fingerprint density at radius 3 is 2.50 bits per heavy atom. The fourth-order valence-corrected chi connectivity index (χ4v) is 4.34. The standard InChI is InChI=1S/C26H22ClN5O2/c1-30(19-9-3-2-4-10-19)17-23-25-21(14-24(33)31(23)16-18-8-7-13-28-15-18)29-32(26(25)34)22-12-6-5-11-20(22)27/h2-15,29H,16-17H2,1H3. The predicted octanol–water partition coefficient (Wildman–Crippen LogP) is 4.21. The lowest BCUT2D eigenvalue weighted by Gasteiger charge is -2.22. The highest BCUT2D eigenvalue weighted by Crippen LogP contribution is 2.22. The molecule has 0 spiro atoms. The van der Waals surface area contributed by atoms with Crippen LogP contribution < -0.4 is 16.0 Å². The van der Waals surface area contributed by atoms with Crippen LogP contribution in [0.5, 0.6) is 0 Å². The van der Waals surface area contributed by atoms with Crippen LogP contribution in [0.1, 0.15) is 11.3 Å². The zero-order chi connectivity index (χ0) is 23.7. The number of anilines is 1. The van der Waals surface area contributed by atoms with Gasteiger partial charge in [0.25, 0.3) is 11.1 Å². The molecule has 0 fully saturated rings. The highest BCUT2D eigenvalue weighted by atomic mass is 35.5. The molecule has 0 aliphatic heterocycles. The first-order valence-electron chi connectivity index (χ1n) is 10.8. The molecule has 3 aromatic heterocycles. The Labute approximate surface area is 200 Å². The van der Waals surface area contributed by atoms with Crippen molar-refractivity contribution in [1.82, 2.24) is 19.3 Å². The third-order valence-corrected chi connectivity index (χ3v) is 6.13. The fraction of sp³-hybridized carbons (Fsp3) is 0.115. The summed E-state index contributed by atoms with van der Waals surface area (Å²) in [6.45, 7) is 0.657. The maximum absolute atomic E-state index is 13.7. The zero-order valence-corrected chi connectivity index (χ0v) is 19.2. The van der Waals surface area contributed by atoms with Crippen LogP contribution in [0.3, 0.4) is 0 Å². The number of pyridine rings is 2. The van der Waals surface area contributed by atoms with Crippen LogP contribution in [-0.2, 0) is 13.1 Å². The van der Waals surface area contributed by atoms with E-state index in [-0.39, 0.29) is 11.1 Å². The molecule has 2 aromatic carbocycles. The number of halogens is 1. The van der Waals surface area contributed by atoms with Crippen LogP contribution in [-0.4, -0.2) is 26.4 Å². The summed E-state index contributed by atoms with van der Waals surface area (Å²) in [5.74, 6) is 0. The zero-order valence-electron chi connectivity index (χ0n) is 18.5. The van der Waals surface area contributed by atoms with E-state index in [2.05, 4.69) is 10.1 Å². The van der Waals surface area contributed by atoms with Gasteiger partial charge in [0.1, 0.15) is 0 Å². The number of aromatic amines is 1. The number of nitrogens with zero attached hydrogens (tertiary/aromatic N) is 4. The number of nitrogens with one attached hydrogen (secondary N) is 1. The van der Waals surface area contributed by atoms with E-state index >= 15 is 0 Å². The quantitative estimate of drug-likeness (QED) is 0.402. The Hall–Kier alpha value is -4.10. The molecule has 8 heteroatoms. The average molecular weight is 472 g/mol. The van der Waals surface area contributed by atoms with E-state index < -0.39 is 0 Å². The second-order valence-corrected chi connectivity index (χ2v) is 8.47.